The van der Waals surface area contributed by atoms with Gasteiger partial charge in [0.2, 0.25) is 0 Å². The predicted octanol–water partition coefficient (Wildman–Crippen LogP) is -1.12. The van der Waals surface area contributed by atoms with Gasteiger partial charge in [0, 0.05) is 0 Å². The summed E-state index contributed by atoms with van der Waals surface area (Å²) in [6.45, 7) is 7.26. The number of rotatable bonds is 2. The van der Waals surface area contributed by atoms with E-state index >= 15 is 0 Å². The second kappa shape index (κ2) is 7.71. The van der Waals surface area contributed by atoms with Crippen LogP contribution < -0.4 is 24.8 Å². The van der Waals surface area contributed by atoms with E-state index in [2.05, 4.69) is 57.2 Å². The van der Waals surface area contributed by atoms with Gasteiger partial charge in [-0.15, -0.1) is 0 Å². The van der Waals surface area contributed by atoms with Gasteiger partial charge in [-0.1, -0.05) is 0 Å². The van der Waals surface area contributed by atoms with Crippen molar-refractivity contribution in [3.63, 3.8) is 0 Å². The molecule has 3 atom stereocenters. The number of hydrogen-bond donors (Lipinski definition) is 0. The Hall–Kier alpha value is 0.293. The molecule has 3 rings (SSSR count). The first-order valence-electron chi connectivity index (χ1n) is 7.46. The molecule has 1 fully saturated rings. The summed E-state index contributed by atoms with van der Waals surface area (Å²) in [5, 5.41) is 0. The van der Waals surface area contributed by atoms with E-state index in [9.17, 15) is 0 Å². The monoisotopic (exact) mass is 399 g/mol. The zero-order chi connectivity index (χ0) is 13.5. The molecule has 0 aromatic rings. The molecule has 0 saturated heterocycles. The third kappa shape index (κ3) is 3.31. The van der Waals surface area contributed by atoms with Crippen LogP contribution in [0.2, 0.25) is 3.12 Å². The smallest absolute Gasteiger partial charge is 1.00 e. The Morgan fingerprint density at radius 1 is 1.14 bits per heavy atom. The Labute approximate surface area is 152 Å². The fourth-order valence-electron chi connectivity index (χ4n) is 4.15. The summed E-state index contributed by atoms with van der Waals surface area (Å²) in [4.78, 5) is 0. The zero-order valence-corrected chi connectivity index (χ0v) is 17.0. The number of halogens is 2. The van der Waals surface area contributed by atoms with Gasteiger partial charge in [0.05, 0.1) is 0 Å². The molecular weight excluding hydrogens is 378 g/mol. The van der Waals surface area contributed by atoms with Gasteiger partial charge in [-0.3, -0.25) is 0 Å². The van der Waals surface area contributed by atoms with Crippen LogP contribution in [0.4, 0.5) is 0 Å². The summed E-state index contributed by atoms with van der Waals surface area (Å²) in [5.74, 6) is 1.68. The van der Waals surface area contributed by atoms with Crippen molar-refractivity contribution >= 4 is 3.21 Å². The fraction of sp³-hybridized carbons (Fsp3) is 0.500. The van der Waals surface area contributed by atoms with Gasteiger partial charge in [0.25, 0.3) is 0 Å². The SMILES string of the molecule is C[C](C)=[Zr+2][C]1(C2=CC=CC2)C2=CC=CCC2CC1C.[Cl-].[Cl-]. The maximum Gasteiger partial charge on any atom is -1.00 e. The van der Waals surface area contributed by atoms with Crippen molar-refractivity contribution in [2.75, 3.05) is 0 Å². The van der Waals surface area contributed by atoms with E-state index in [1.54, 1.807) is 14.4 Å². The van der Waals surface area contributed by atoms with Crippen molar-refractivity contribution in [3.8, 4) is 0 Å². The Morgan fingerprint density at radius 3 is 2.48 bits per heavy atom. The van der Waals surface area contributed by atoms with Crippen molar-refractivity contribution in [1.82, 2.24) is 0 Å². The Morgan fingerprint density at radius 2 is 1.86 bits per heavy atom. The molecule has 0 amide bonds. The Kier molecular flexibility index (Phi) is 7.10. The van der Waals surface area contributed by atoms with Gasteiger partial charge >= 0.3 is 129 Å². The van der Waals surface area contributed by atoms with E-state index in [4.69, 9.17) is 0 Å². The zero-order valence-electron chi connectivity index (χ0n) is 13.0. The second-order valence-electron chi connectivity index (χ2n) is 6.38. The molecular formula is C18H23Cl2Zr. The van der Waals surface area contributed by atoms with Crippen LogP contribution in [0.5, 0.6) is 0 Å². The maximum atomic E-state index is 2.52. The molecule has 0 heterocycles. The van der Waals surface area contributed by atoms with Crippen LogP contribution in [0, 0.1) is 11.8 Å². The molecule has 3 aliphatic carbocycles. The summed E-state index contributed by atoms with van der Waals surface area (Å²) < 4.78 is 2.22. The molecule has 3 aliphatic rings. The van der Waals surface area contributed by atoms with Gasteiger partial charge in [-0.2, -0.15) is 0 Å². The molecule has 0 spiro atoms. The first kappa shape index (κ1) is 19.3. The average molecular weight is 402 g/mol. The standard InChI is InChI=1S/C15H17.C3H6.2ClH.Zr/c1-11-10-13-8-4-5-9-14(13)15(11)12-6-2-3-7-12;1-3-2;;;/h2-6,9,11,13H,7-8,10H2,1H3;1-2H3;2*1H;/q;;;;+2/p-2. The number of hydrogen-bond acceptors (Lipinski definition) is 0. The molecule has 0 N–H and O–H groups in total. The maximum absolute atomic E-state index is 2.52. The largest absolute Gasteiger partial charge is 1.00 e. The summed E-state index contributed by atoms with van der Waals surface area (Å²) in [6, 6.07) is 0. The molecule has 3 unspecified atom stereocenters. The van der Waals surface area contributed by atoms with Gasteiger partial charge in [0.1, 0.15) is 0 Å². The topological polar surface area (TPSA) is 0 Å². The average Bonchev–Trinajstić information content (AvgIpc) is 2.97. The Bertz CT molecular complexity index is 535. The minimum atomic E-state index is -0.546. The normalized spacial score (nSPS) is 32.3. The molecule has 0 bridgehead atoms. The minimum Gasteiger partial charge on any atom is -1.00 e. The van der Waals surface area contributed by atoms with Crippen molar-refractivity contribution in [2.45, 2.75) is 43.2 Å². The van der Waals surface area contributed by atoms with E-state index in [0.717, 1.165) is 11.8 Å². The third-order valence-corrected chi connectivity index (χ3v) is 9.74. The quantitative estimate of drug-likeness (QED) is 0.550. The van der Waals surface area contributed by atoms with Gasteiger partial charge in [0.15, 0.2) is 0 Å². The Balaban J connectivity index is 0.00000110. The van der Waals surface area contributed by atoms with Crippen LogP contribution in [0.25, 0.3) is 0 Å². The first-order chi connectivity index (χ1) is 9.14. The van der Waals surface area contributed by atoms with Crippen LogP contribution in [-0.4, -0.2) is 3.21 Å². The molecule has 0 radical (unpaired) electrons. The summed E-state index contributed by atoms with van der Waals surface area (Å²) in [6.07, 6.45) is 18.1. The van der Waals surface area contributed by atoms with Crippen LogP contribution in [0.15, 0.2) is 47.6 Å². The summed E-state index contributed by atoms with van der Waals surface area (Å²) >= 11 is -0.546. The summed E-state index contributed by atoms with van der Waals surface area (Å²) in [7, 11) is 0. The van der Waals surface area contributed by atoms with E-state index in [1.807, 2.05) is 0 Å². The summed E-state index contributed by atoms with van der Waals surface area (Å²) in [5.41, 5.74) is 3.53. The molecule has 1 saturated carbocycles. The molecule has 113 valence electrons. The first-order valence-corrected chi connectivity index (χ1v) is 9.92. The molecule has 0 aromatic heterocycles. The minimum absolute atomic E-state index is 0. The van der Waals surface area contributed by atoms with Crippen LogP contribution in [0.1, 0.15) is 40.0 Å². The van der Waals surface area contributed by atoms with Crippen LogP contribution in [-0.2, 0) is 22.8 Å². The van der Waals surface area contributed by atoms with Crippen LogP contribution >= 0.6 is 0 Å². The second-order valence-corrected chi connectivity index (χ2v) is 11.4. The van der Waals surface area contributed by atoms with Gasteiger partial charge < -0.3 is 24.8 Å². The van der Waals surface area contributed by atoms with Crippen molar-refractivity contribution < 1.29 is 47.6 Å². The number of fused-ring (bicyclic) bond motifs is 1. The van der Waals surface area contributed by atoms with Crippen molar-refractivity contribution in [3.05, 3.63) is 47.6 Å². The van der Waals surface area contributed by atoms with E-state index in [-0.39, 0.29) is 24.8 Å². The molecule has 0 aromatic carbocycles. The van der Waals surface area contributed by atoms with Crippen LogP contribution in [0.3, 0.4) is 0 Å². The van der Waals surface area contributed by atoms with Gasteiger partial charge in [-0.25, -0.2) is 0 Å². The fourth-order valence-corrected chi connectivity index (χ4v) is 8.90. The predicted molar refractivity (Wildman–Crippen MR) is 80.0 cm³/mol. The molecule has 3 heteroatoms. The van der Waals surface area contributed by atoms with E-state index < -0.39 is 22.8 Å². The molecule has 0 aliphatic heterocycles. The third-order valence-electron chi connectivity index (χ3n) is 4.83. The van der Waals surface area contributed by atoms with E-state index in [0.29, 0.717) is 3.12 Å². The number of allylic oxidation sites excluding steroid dienone is 8. The van der Waals surface area contributed by atoms with Crippen molar-refractivity contribution in [2.24, 2.45) is 11.8 Å². The van der Waals surface area contributed by atoms with Crippen molar-refractivity contribution in [1.29, 1.82) is 0 Å². The van der Waals surface area contributed by atoms with E-state index in [1.165, 1.54) is 19.3 Å². The van der Waals surface area contributed by atoms with Gasteiger partial charge in [-0.05, 0) is 0 Å². The molecule has 0 nitrogen and oxygen atoms in total. The molecule has 21 heavy (non-hydrogen) atoms.